The highest BCUT2D eigenvalue weighted by atomic mass is 16.2. The van der Waals surface area contributed by atoms with Gasteiger partial charge in [0.15, 0.2) is 0 Å². The predicted molar refractivity (Wildman–Crippen MR) is 84.5 cm³/mol. The number of nitrogens with two attached hydrogens (primary N) is 1. The van der Waals surface area contributed by atoms with E-state index in [1.807, 2.05) is 30.3 Å². The molecule has 0 fully saturated rings. The molecule has 0 aliphatic rings. The molecule has 1 rings (SSSR count). The number of allylic oxidation sites excluding steroid dienone is 1. The standard InChI is InChI=1S/C16H23N3O/c1-3-5-6-11-18-16(20)19-15(4-2)12-13-7-9-14(17)10-8-13/h3-4,7-10,15H,1-2,5-6,11-12,17H2,(H2,18,19,20). The van der Waals surface area contributed by atoms with Crippen molar-refractivity contribution in [2.45, 2.75) is 25.3 Å². The molecule has 0 aliphatic heterocycles. The Balaban J connectivity index is 2.38. The number of urea groups is 1. The quantitative estimate of drug-likeness (QED) is 0.387. The van der Waals surface area contributed by atoms with Crippen LogP contribution in [0.2, 0.25) is 0 Å². The Morgan fingerprint density at radius 1 is 1.30 bits per heavy atom. The zero-order valence-electron chi connectivity index (χ0n) is 11.8. The highest BCUT2D eigenvalue weighted by Gasteiger charge is 2.09. The van der Waals surface area contributed by atoms with Gasteiger partial charge in [0.25, 0.3) is 0 Å². The second-order valence-corrected chi connectivity index (χ2v) is 4.62. The summed E-state index contributed by atoms with van der Waals surface area (Å²) in [6.45, 7) is 8.04. The third-order valence-electron chi connectivity index (χ3n) is 2.91. The summed E-state index contributed by atoms with van der Waals surface area (Å²) in [7, 11) is 0. The molecule has 0 saturated heterocycles. The molecular formula is C16H23N3O. The summed E-state index contributed by atoms with van der Waals surface area (Å²) in [5.74, 6) is 0. The molecule has 0 heterocycles. The lowest BCUT2D eigenvalue weighted by molar-refractivity contribution is 0.239. The molecule has 0 aromatic heterocycles. The maximum Gasteiger partial charge on any atom is 0.315 e. The van der Waals surface area contributed by atoms with Crippen molar-refractivity contribution in [3.8, 4) is 0 Å². The Hall–Kier alpha value is -2.23. The Labute approximate surface area is 120 Å². The summed E-state index contributed by atoms with van der Waals surface area (Å²) in [5, 5.41) is 5.69. The minimum Gasteiger partial charge on any atom is -0.399 e. The van der Waals surface area contributed by atoms with E-state index in [1.54, 1.807) is 6.08 Å². The number of unbranched alkanes of at least 4 members (excludes halogenated alkanes) is 1. The molecule has 1 unspecified atom stereocenters. The molecule has 20 heavy (non-hydrogen) atoms. The fourth-order valence-corrected chi connectivity index (χ4v) is 1.77. The lowest BCUT2D eigenvalue weighted by atomic mass is 10.1. The molecule has 4 nitrogen and oxygen atoms in total. The summed E-state index contributed by atoms with van der Waals surface area (Å²) in [6.07, 6.45) is 6.07. The Morgan fingerprint density at radius 2 is 2.00 bits per heavy atom. The van der Waals surface area contributed by atoms with Gasteiger partial charge in [-0.25, -0.2) is 4.79 Å². The number of nitrogens with one attached hydrogen (secondary N) is 2. The van der Waals surface area contributed by atoms with Gasteiger partial charge < -0.3 is 16.4 Å². The molecule has 0 aliphatic carbocycles. The van der Waals surface area contributed by atoms with Gasteiger partial charge in [0, 0.05) is 12.2 Å². The number of anilines is 1. The van der Waals surface area contributed by atoms with Gasteiger partial charge in [-0.2, -0.15) is 0 Å². The van der Waals surface area contributed by atoms with Crippen molar-refractivity contribution in [3.63, 3.8) is 0 Å². The van der Waals surface area contributed by atoms with Crippen LogP contribution in [0.25, 0.3) is 0 Å². The van der Waals surface area contributed by atoms with E-state index in [0.717, 1.165) is 24.1 Å². The van der Waals surface area contributed by atoms with Crippen molar-refractivity contribution in [3.05, 3.63) is 55.1 Å². The molecule has 0 saturated carbocycles. The molecule has 2 amide bonds. The van der Waals surface area contributed by atoms with Crippen LogP contribution in [-0.4, -0.2) is 18.6 Å². The maximum absolute atomic E-state index is 11.7. The first-order valence-electron chi connectivity index (χ1n) is 6.78. The van der Waals surface area contributed by atoms with E-state index in [0.29, 0.717) is 13.0 Å². The summed E-state index contributed by atoms with van der Waals surface area (Å²) in [5.41, 5.74) is 7.48. The van der Waals surface area contributed by atoms with Crippen LogP contribution in [-0.2, 0) is 6.42 Å². The smallest absolute Gasteiger partial charge is 0.315 e. The van der Waals surface area contributed by atoms with Gasteiger partial charge >= 0.3 is 6.03 Å². The van der Waals surface area contributed by atoms with Crippen molar-refractivity contribution in [2.24, 2.45) is 0 Å². The largest absolute Gasteiger partial charge is 0.399 e. The number of hydrogen-bond acceptors (Lipinski definition) is 2. The zero-order valence-corrected chi connectivity index (χ0v) is 11.8. The van der Waals surface area contributed by atoms with E-state index >= 15 is 0 Å². The average molecular weight is 273 g/mol. The summed E-state index contributed by atoms with van der Waals surface area (Å²) >= 11 is 0. The number of rotatable bonds is 8. The van der Waals surface area contributed by atoms with E-state index in [-0.39, 0.29) is 12.1 Å². The summed E-state index contributed by atoms with van der Waals surface area (Å²) < 4.78 is 0. The van der Waals surface area contributed by atoms with Crippen molar-refractivity contribution >= 4 is 11.7 Å². The highest BCUT2D eigenvalue weighted by molar-refractivity contribution is 5.74. The van der Waals surface area contributed by atoms with Gasteiger partial charge in [0.05, 0.1) is 6.04 Å². The lowest BCUT2D eigenvalue weighted by Gasteiger charge is -2.15. The molecule has 0 spiro atoms. The molecule has 1 atom stereocenters. The number of nitrogen functional groups attached to an aromatic ring is 1. The lowest BCUT2D eigenvalue weighted by Crippen LogP contribution is -2.42. The topological polar surface area (TPSA) is 67.2 Å². The minimum absolute atomic E-state index is 0.0990. The van der Waals surface area contributed by atoms with Gasteiger partial charge in [-0.3, -0.25) is 0 Å². The van der Waals surface area contributed by atoms with Crippen LogP contribution < -0.4 is 16.4 Å². The predicted octanol–water partition coefficient (Wildman–Crippen LogP) is 2.63. The van der Waals surface area contributed by atoms with Crippen molar-refractivity contribution in [1.29, 1.82) is 0 Å². The van der Waals surface area contributed by atoms with E-state index in [2.05, 4.69) is 23.8 Å². The summed E-state index contributed by atoms with van der Waals surface area (Å²) in [4.78, 5) is 11.7. The fraction of sp³-hybridized carbons (Fsp3) is 0.312. The monoisotopic (exact) mass is 273 g/mol. The fourth-order valence-electron chi connectivity index (χ4n) is 1.77. The van der Waals surface area contributed by atoms with Crippen LogP contribution in [0.5, 0.6) is 0 Å². The molecule has 1 aromatic rings. The van der Waals surface area contributed by atoms with Crippen molar-refractivity contribution in [2.75, 3.05) is 12.3 Å². The van der Waals surface area contributed by atoms with E-state index in [1.165, 1.54) is 0 Å². The van der Waals surface area contributed by atoms with Crippen molar-refractivity contribution < 1.29 is 4.79 Å². The van der Waals surface area contributed by atoms with Crippen LogP contribution in [0.15, 0.2) is 49.6 Å². The maximum atomic E-state index is 11.7. The molecular weight excluding hydrogens is 250 g/mol. The van der Waals surface area contributed by atoms with E-state index in [4.69, 9.17) is 5.73 Å². The second-order valence-electron chi connectivity index (χ2n) is 4.62. The van der Waals surface area contributed by atoms with Crippen LogP contribution >= 0.6 is 0 Å². The molecule has 4 N–H and O–H groups in total. The Bertz CT molecular complexity index is 440. The van der Waals surface area contributed by atoms with Crippen molar-refractivity contribution in [1.82, 2.24) is 10.6 Å². The summed E-state index contributed by atoms with van der Waals surface area (Å²) in [6, 6.07) is 7.34. The van der Waals surface area contributed by atoms with Crippen LogP contribution in [0, 0.1) is 0 Å². The Morgan fingerprint density at radius 3 is 2.60 bits per heavy atom. The van der Waals surface area contributed by atoms with Gasteiger partial charge in [-0.1, -0.05) is 24.3 Å². The molecule has 4 heteroatoms. The molecule has 1 aromatic carbocycles. The SMILES string of the molecule is C=CCCCNC(=O)NC(C=C)Cc1ccc(N)cc1. The number of hydrogen-bond donors (Lipinski definition) is 3. The van der Waals surface area contributed by atoms with Gasteiger partial charge in [0.2, 0.25) is 0 Å². The average Bonchev–Trinajstić information content (AvgIpc) is 2.45. The van der Waals surface area contributed by atoms with Gasteiger partial charge in [-0.05, 0) is 37.0 Å². The zero-order chi connectivity index (χ0) is 14.8. The molecule has 0 bridgehead atoms. The third kappa shape index (κ3) is 6.09. The van der Waals surface area contributed by atoms with Crippen LogP contribution in [0.1, 0.15) is 18.4 Å². The van der Waals surface area contributed by atoms with Gasteiger partial charge in [0.1, 0.15) is 0 Å². The van der Waals surface area contributed by atoms with Crippen LogP contribution in [0.3, 0.4) is 0 Å². The molecule has 108 valence electrons. The first-order valence-corrected chi connectivity index (χ1v) is 6.78. The third-order valence-corrected chi connectivity index (χ3v) is 2.91. The number of benzene rings is 1. The number of carbonyl (C=O) groups excluding carboxylic acids is 1. The highest BCUT2D eigenvalue weighted by Crippen LogP contribution is 2.08. The normalized spacial score (nSPS) is 11.4. The number of carbonyl (C=O) groups is 1. The first-order chi connectivity index (χ1) is 9.65. The molecule has 0 radical (unpaired) electrons. The van der Waals surface area contributed by atoms with E-state index < -0.39 is 0 Å². The number of amides is 2. The Kier molecular flexibility index (Phi) is 6.96. The van der Waals surface area contributed by atoms with Crippen LogP contribution in [0.4, 0.5) is 10.5 Å². The first kappa shape index (κ1) is 15.8. The minimum atomic E-state index is -0.172. The van der Waals surface area contributed by atoms with E-state index in [9.17, 15) is 4.79 Å². The second kappa shape index (κ2) is 8.80. The van der Waals surface area contributed by atoms with Gasteiger partial charge in [-0.15, -0.1) is 13.2 Å².